The number of hydrogen-bond acceptors (Lipinski definition) is 4. The minimum atomic E-state index is 0.213. The standard InChI is InChI=1S/C19H26N4OS/c1-14-17(10-20-21-14)12-22-6-4-19(5-7-22)9-18(19)23(15(2)24)11-16-3-8-25-13-16/h3,8,10,13,18H,4-7,9,11-12H2,1-2H3,(H,20,21). The van der Waals surface area contributed by atoms with E-state index in [0.29, 0.717) is 11.5 Å². The van der Waals surface area contributed by atoms with Crippen LogP contribution in [0.15, 0.2) is 23.0 Å². The second-order valence-corrected chi connectivity index (χ2v) is 8.44. The third kappa shape index (κ3) is 3.37. The molecule has 1 amide bonds. The minimum Gasteiger partial charge on any atom is -0.335 e. The molecule has 1 atom stereocenters. The van der Waals surface area contributed by atoms with Gasteiger partial charge in [-0.2, -0.15) is 16.4 Å². The van der Waals surface area contributed by atoms with Crippen LogP contribution >= 0.6 is 11.3 Å². The van der Waals surface area contributed by atoms with E-state index in [1.54, 1.807) is 18.3 Å². The Morgan fingerprint density at radius 1 is 1.48 bits per heavy atom. The van der Waals surface area contributed by atoms with Gasteiger partial charge in [0.25, 0.3) is 0 Å². The molecule has 3 heterocycles. The molecule has 134 valence electrons. The quantitative estimate of drug-likeness (QED) is 0.893. The molecular weight excluding hydrogens is 332 g/mol. The first-order chi connectivity index (χ1) is 12.1. The Balaban J connectivity index is 1.35. The fourth-order valence-electron chi connectivity index (χ4n) is 4.26. The topological polar surface area (TPSA) is 52.2 Å². The van der Waals surface area contributed by atoms with Crippen LogP contribution < -0.4 is 0 Å². The third-order valence-electron chi connectivity index (χ3n) is 6.04. The van der Waals surface area contributed by atoms with E-state index in [-0.39, 0.29) is 5.91 Å². The zero-order chi connectivity index (χ0) is 17.4. The lowest BCUT2D eigenvalue weighted by Gasteiger charge is -2.34. The number of aryl methyl sites for hydroxylation is 1. The third-order valence-corrected chi connectivity index (χ3v) is 6.77. The predicted molar refractivity (Wildman–Crippen MR) is 99.2 cm³/mol. The molecule has 0 bridgehead atoms. The molecule has 0 aromatic carbocycles. The van der Waals surface area contributed by atoms with Crippen LogP contribution in [0.4, 0.5) is 0 Å². The number of nitrogens with one attached hydrogen (secondary N) is 1. The highest BCUT2D eigenvalue weighted by molar-refractivity contribution is 7.07. The van der Waals surface area contributed by atoms with Gasteiger partial charge in [0.15, 0.2) is 0 Å². The van der Waals surface area contributed by atoms with E-state index < -0.39 is 0 Å². The Bertz CT molecular complexity index is 730. The zero-order valence-corrected chi connectivity index (χ0v) is 15.8. The summed E-state index contributed by atoms with van der Waals surface area (Å²) in [5.74, 6) is 0.213. The SMILES string of the molecule is CC(=O)N(Cc1ccsc1)C1CC12CCN(Cc1cn[nH]c1C)CC2. The number of amides is 1. The molecule has 1 N–H and O–H groups in total. The molecule has 1 unspecified atom stereocenters. The van der Waals surface area contributed by atoms with Crippen LogP contribution in [0, 0.1) is 12.3 Å². The first-order valence-corrected chi connectivity index (χ1v) is 10.0. The molecule has 1 aliphatic carbocycles. The van der Waals surface area contributed by atoms with E-state index >= 15 is 0 Å². The van der Waals surface area contributed by atoms with Gasteiger partial charge in [-0.05, 0) is 67.1 Å². The summed E-state index contributed by atoms with van der Waals surface area (Å²) in [5, 5.41) is 11.4. The molecule has 1 aliphatic heterocycles. The van der Waals surface area contributed by atoms with E-state index in [4.69, 9.17) is 0 Å². The number of carbonyl (C=O) groups is 1. The number of H-pyrrole nitrogens is 1. The van der Waals surface area contributed by atoms with Crippen LogP contribution in [0.2, 0.25) is 0 Å². The van der Waals surface area contributed by atoms with Crippen molar-refractivity contribution in [3.8, 4) is 0 Å². The zero-order valence-electron chi connectivity index (χ0n) is 15.0. The number of likely N-dealkylation sites (tertiary alicyclic amines) is 1. The van der Waals surface area contributed by atoms with Gasteiger partial charge in [0.2, 0.25) is 5.91 Å². The summed E-state index contributed by atoms with van der Waals surface area (Å²) in [6.45, 7) is 7.78. The molecule has 25 heavy (non-hydrogen) atoms. The Morgan fingerprint density at radius 2 is 2.28 bits per heavy atom. The van der Waals surface area contributed by atoms with Crippen LogP contribution in [0.3, 0.4) is 0 Å². The van der Waals surface area contributed by atoms with Gasteiger partial charge in [-0.1, -0.05) is 0 Å². The molecule has 2 aromatic rings. The van der Waals surface area contributed by atoms with Crippen molar-refractivity contribution < 1.29 is 4.79 Å². The summed E-state index contributed by atoms with van der Waals surface area (Å²) in [5.41, 5.74) is 4.09. The van der Waals surface area contributed by atoms with E-state index in [2.05, 4.69) is 43.7 Å². The maximum atomic E-state index is 12.2. The Hall–Kier alpha value is -1.66. The molecule has 2 aromatic heterocycles. The predicted octanol–water partition coefficient (Wildman–Crippen LogP) is 3.18. The molecule has 2 aliphatic rings. The van der Waals surface area contributed by atoms with Crippen LogP contribution in [0.1, 0.15) is 43.0 Å². The average Bonchev–Trinajstić information content (AvgIpc) is 2.94. The summed E-state index contributed by atoms with van der Waals surface area (Å²) in [7, 11) is 0. The second-order valence-electron chi connectivity index (χ2n) is 7.66. The van der Waals surface area contributed by atoms with Gasteiger partial charge in [0.05, 0.1) is 6.20 Å². The Morgan fingerprint density at radius 3 is 2.88 bits per heavy atom. The van der Waals surface area contributed by atoms with Gasteiger partial charge in [-0.3, -0.25) is 14.8 Å². The molecule has 6 heteroatoms. The molecule has 0 radical (unpaired) electrons. The number of thiophene rings is 1. The molecule has 1 saturated heterocycles. The second kappa shape index (κ2) is 6.57. The van der Waals surface area contributed by atoms with Crippen molar-refractivity contribution in [2.75, 3.05) is 13.1 Å². The number of carbonyl (C=O) groups excluding carboxylic acids is 1. The normalized spacial score (nSPS) is 22.2. The van der Waals surface area contributed by atoms with Crippen molar-refractivity contribution >= 4 is 17.2 Å². The largest absolute Gasteiger partial charge is 0.335 e. The van der Waals surface area contributed by atoms with Crippen LogP contribution in [0.25, 0.3) is 0 Å². The van der Waals surface area contributed by atoms with Gasteiger partial charge in [0, 0.05) is 37.3 Å². The summed E-state index contributed by atoms with van der Waals surface area (Å²) in [4.78, 5) is 16.8. The highest BCUT2D eigenvalue weighted by Gasteiger charge is 2.58. The molecule has 4 rings (SSSR count). The van der Waals surface area contributed by atoms with Crippen LogP contribution in [-0.4, -0.2) is 45.0 Å². The van der Waals surface area contributed by atoms with Crippen molar-refractivity contribution in [3.63, 3.8) is 0 Å². The molecule has 5 nitrogen and oxygen atoms in total. The first-order valence-electron chi connectivity index (χ1n) is 9.07. The molecule has 1 spiro atoms. The minimum absolute atomic E-state index is 0.213. The van der Waals surface area contributed by atoms with E-state index in [9.17, 15) is 4.79 Å². The van der Waals surface area contributed by atoms with Crippen molar-refractivity contribution in [1.29, 1.82) is 0 Å². The smallest absolute Gasteiger partial charge is 0.220 e. The lowest BCUT2D eigenvalue weighted by molar-refractivity contribution is -0.130. The average molecular weight is 359 g/mol. The van der Waals surface area contributed by atoms with Crippen molar-refractivity contribution in [3.05, 3.63) is 39.8 Å². The number of nitrogens with zero attached hydrogens (tertiary/aromatic N) is 3. The number of hydrogen-bond donors (Lipinski definition) is 1. The van der Waals surface area contributed by atoms with E-state index in [0.717, 1.165) is 26.2 Å². The summed E-state index contributed by atoms with van der Waals surface area (Å²) < 4.78 is 0. The number of aromatic nitrogens is 2. The molecular formula is C19H26N4OS. The van der Waals surface area contributed by atoms with Gasteiger partial charge >= 0.3 is 0 Å². The van der Waals surface area contributed by atoms with Crippen molar-refractivity contribution in [1.82, 2.24) is 20.0 Å². The summed E-state index contributed by atoms with van der Waals surface area (Å²) >= 11 is 1.70. The van der Waals surface area contributed by atoms with Crippen LogP contribution in [0.5, 0.6) is 0 Å². The van der Waals surface area contributed by atoms with E-state index in [1.807, 2.05) is 6.20 Å². The Kier molecular flexibility index (Phi) is 4.41. The van der Waals surface area contributed by atoms with Gasteiger partial charge in [0.1, 0.15) is 0 Å². The first kappa shape index (κ1) is 16.8. The number of piperidine rings is 1. The van der Waals surface area contributed by atoms with Gasteiger partial charge < -0.3 is 4.90 Å². The van der Waals surface area contributed by atoms with Gasteiger partial charge in [-0.15, -0.1) is 0 Å². The van der Waals surface area contributed by atoms with Crippen molar-refractivity contribution in [2.24, 2.45) is 5.41 Å². The maximum absolute atomic E-state index is 12.2. The fourth-order valence-corrected chi connectivity index (χ4v) is 4.92. The maximum Gasteiger partial charge on any atom is 0.220 e. The van der Waals surface area contributed by atoms with E-state index in [1.165, 1.54) is 36.1 Å². The fraction of sp³-hybridized carbons (Fsp3) is 0.579. The van der Waals surface area contributed by atoms with Crippen LogP contribution in [-0.2, 0) is 17.9 Å². The molecule has 1 saturated carbocycles. The Labute approximate surface area is 153 Å². The number of aromatic amines is 1. The highest BCUT2D eigenvalue weighted by Crippen LogP contribution is 2.57. The van der Waals surface area contributed by atoms with Gasteiger partial charge in [-0.25, -0.2) is 0 Å². The summed E-state index contributed by atoms with van der Waals surface area (Å²) in [6.07, 6.45) is 5.51. The summed E-state index contributed by atoms with van der Waals surface area (Å²) in [6, 6.07) is 2.56. The number of rotatable bonds is 5. The lowest BCUT2D eigenvalue weighted by Crippen LogP contribution is -2.39. The molecule has 2 fully saturated rings. The monoisotopic (exact) mass is 358 g/mol. The highest BCUT2D eigenvalue weighted by atomic mass is 32.1. The lowest BCUT2D eigenvalue weighted by atomic mass is 9.92. The van der Waals surface area contributed by atoms with Crippen molar-refractivity contribution in [2.45, 2.75) is 52.2 Å².